The van der Waals surface area contributed by atoms with E-state index < -0.39 is 5.60 Å². The maximum atomic E-state index is 11.6. The average molecular weight is 220 g/mol. The van der Waals surface area contributed by atoms with Gasteiger partial charge in [-0.05, 0) is 31.5 Å². The Morgan fingerprint density at radius 3 is 2.94 bits per heavy atom. The Morgan fingerprint density at radius 1 is 1.50 bits per heavy atom. The van der Waals surface area contributed by atoms with Crippen LogP contribution in [0.2, 0.25) is 0 Å². The van der Waals surface area contributed by atoms with Crippen LogP contribution in [0.25, 0.3) is 0 Å². The maximum absolute atomic E-state index is 11.6. The molecule has 0 bridgehead atoms. The molecule has 4 heteroatoms. The lowest BCUT2D eigenvalue weighted by Crippen LogP contribution is -2.30. The summed E-state index contributed by atoms with van der Waals surface area (Å²) < 4.78 is 5.79. The second kappa shape index (κ2) is 3.79. The third-order valence-electron chi connectivity index (χ3n) is 2.53. The van der Waals surface area contributed by atoms with Crippen molar-refractivity contribution in [3.8, 4) is 5.75 Å². The van der Waals surface area contributed by atoms with Crippen molar-refractivity contribution in [2.75, 3.05) is 5.32 Å². The Bertz CT molecular complexity index is 427. The van der Waals surface area contributed by atoms with Crippen molar-refractivity contribution in [3.05, 3.63) is 23.8 Å². The molecule has 0 radical (unpaired) electrons. The summed E-state index contributed by atoms with van der Waals surface area (Å²) >= 11 is 0. The summed E-state index contributed by atoms with van der Waals surface area (Å²) in [6.45, 7) is 4.25. The summed E-state index contributed by atoms with van der Waals surface area (Å²) in [4.78, 5) is 11.6. The summed E-state index contributed by atoms with van der Waals surface area (Å²) in [5.41, 5.74) is 6.77. The van der Waals surface area contributed by atoms with Gasteiger partial charge >= 0.3 is 0 Å². The predicted octanol–water partition coefficient (Wildman–Crippen LogP) is 1.64. The van der Waals surface area contributed by atoms with E-state index in [4.69, 9.17) is 10.5 Å². The minimum Gasteiger partial charge on any atom is -0.485 e. The van der Waals surface area contributed by atoms with Crippen LogP contribution in [0, 0.1) is 0 Å². The number of carbonyl (C=O) groups excluding carboxylic acids is 1. The number of amides is 1. The van der Waals surface area contributed by atoms with Gasteiger partial charge in [-0.1, -0.05) is 6.07 Å². The van der Waals surface area contributed by atoms with Gasteiger partial charge in [0.2, 0.25) is 5.91 Å². The number of nitrogens with two attached hydrogens (primary N) is 1. The van der Waals surface area contributed by atoms with Crippen LogP contribution in [0.5, 0.6) is 5.75 Å². The van der Waals surface area contributed by atoms with Gasteiger partial charge in [0.15, 0.2) is 0 Å². The minimum absolute atomic E-state index is 0.0297. The highest BCUT2D eigenvalue weighted by molar-refractivity contribution is 5.93. The van der Waals surface area contributed by atoms with E-state index in [2.05, 4.69) is 5.32 Å². The van der Waals surface area contributed by atoms with Crippen molar-refractivity contribution in [2.24, 2.45) is 5.73 Å². The van der Waals surface area contributed by atoms with Crippen molar-refractivity contribution in [2.45, 2.75) is 32.4 Å². The summed E-state index contributed by atoms with van der Waals surface area (Å²) in [5.74, 6) is 0.672. The number of hydrogen-bond acceptors (Lipinski definition) is 3. The van der Waals surface area contributed by atoms with Crippen LogP contribution in [0.4, 0.5) is 5.69 Å². The van der Waals surface area contributed by atoms with Gasteiger partial charge in [0.05, 0.1) is 12.1 Å². The molecule has 0 saturated carbocycles. The van der Waals surface area contributed by atoms with E-state index in [1.54, 1.807) is 0 Å². The molecule has 3 N–H and O–H groups in total. The lowest BCUT2D eigenvalue weighted by atomic mass is 10.1. The van der Waals surface area contributed by atoms with Crippen LogP contribution in [0.3, 0.4) is 0 Å². The number of fused-ring (bicyclic) bond motifs is 1. The Kier molecular flexibility index (Phi) is 2.59. The lowest BCUT2D eigenvalue weighted by Gasteiger charge is -2.23. The van der Waals surface area contributed by atoms with Gasteiger partial charge in [0, 0.05) is 6.54 Å². The molecule has 1 aromatic carbocycles. The van der Waals surface area contributed by atoms with Crippen molar-refractivity contribution in [1.82, 2.24) is 0 Å². The van der Waals surface area contributed by atoms with E-state index in [1.807, 2.05) is 32.0 Å². The van der Waals surface area contributed by atoms with E-state index in [-0.39, 0.29) is 5.91 Å². The lowest BCUT2D eigenvalue weighted by molar-refractivity contribution is -0.118. The van der Waals surface area contributed by atoms with Gasteiger partial charge in [0.1, 0.15) is 11.4 Å². The van der Waals surface area contributed by atoms with Crippen LogP contribution >= 0.6 is 0 Å². The summed E-state index contributed by atoms with van der Waals surface area (Å²) in [5, 5.41) is 2.83. The smallest absolute Gasteiger partial charge is 0.228 e. The third kappa shape index (κ3) is 2.17. The molecule has 1 aliphatic rings. The first-order valence-electron chi connectivity index (χ1n) is 5.32. The summed E-state index contributed by atoms with van der Waals surface area (Å²) in [6.07, 6.45) is 0.347. The van der Waals surface area contributed by atoms with Gasteiger partial charge in [0.25, 0.3) is 0 Å². The molecule has 86 valence electrons. The first-order valence-corrected chi connectivity index (χ1v) is 5.32. The summed E-state index contributed by atoms with van der Waals surface area (Å²) in [6, 6.07) is 5.62. The molecule has 1 aromatic rings. The number of carbonyl (C=O) groups is 1. The quantitative estimate of drug-likeness (QED) is 0.756. The van der Waals surface area contributed by atoms with E-state index in [1.165, 1.54) is 0 Å². The molecule has 16 heavy (non-hydrogen) atoms. The first kappa shape index (κ1) is 11.0. The topological polar surface area (TPSA) is 64.4 Å². The average Bonchev–Trinajstić information content (AvgIpc) is 2.29. The van der Waals surface area contributed by atoms with Crippen LogP contribution in [0.1, 0.15) is 25.8 Å². The largest absolute Gasteiger partial charge is 0.485 e. The SMILES string of the molecule is CC1(C)CC(=O)Nc2cc(CN)ccc2O1. The molecule has 1 heterocycles. The zero-order chi connectivity index (χ0) is 11.8. The molecule has 1 aliphatic heterocycles. The Hall–Kier alpha value is -1.55. The first-order chi connectivity index (χ1) is 7.50. The van der Waals surface area contributed by atoms with E-state index in [0.29, 0.717) is 24.4 Å². The molecule has 0 aromatic heterocycles. The zero-order valence-electron chi connectivity index (χ0n) is 9.54. The van der Waals surface area contributed by atoms with Crippen LogP contribution in [-0.4, -0.2) is 11.5 Å². The van der Waals surface area contributed by atoms with E-state index >= 15 is 0 Å². The second-order valence-corrected chi connectivity index (χ2v) is 4.62. The fourth-order valence-corrected chi connectivity index (χ4v) is 1.81. The summed E-state index contributed by atoms with van der Waals surface area (Å²) in [7, 11) is 0. The molecule has 0 unspecified atom stereocenters. The second-order valence-electron chi connectivity index (χ2n) is 4.62. The standard InChI is InChI=1S/C12H16N2O2/c1-12(2)6-11(15)14-9-5-8(7-13)3-4-10(9)16-12/h3-5H,6-7,13H2,1-2H3,(H,14,15). The fraction of sp³-hybridized carbons (Fsp3) is 0.417. The molecule has 0 spiro atoms. The van der Waals surface area contributed by atoms with Crippen molar-refractivity contribution < 1.29 is 9.53 Å². The molecule has 4 nitrogen and oxygen atoms in total. The predicted molar refractivity (Wildman–Crippen MR) is 62.3 cm³/mol. The fourth-order valence-electron chi connectivity index (χ4n) is 1.81. The molecule has 1 amide bonds. The van der Waals surface area contributed by atoms with Crippen LogP contribution in [-0.2, 0) is 11.3 Å². The number of hydrogen-bond donors (Lipinski definition) is 2. The molecular weight excluding hydrogens is 204 g/mol. The highest BCUT2D eigenvalue weighted by Crippen LogP contribution is 2.33. The Balaban J connectivity index is 2.42. The molecule has 0 fully saturated rings. The molecule has 0 saturated heterocycles. The van der Waals surface area contributed by atoms with Gasteiger partial charge in [-0.2, -0.15) is 0 Å². The van der Waals surface area contributed by atoms with Crippen LogP contribution in [0.15, 0.2) is 18.2 Å². The van der Waals surface area contributed by atoms with E-state index in [9.17, 15) is 4.79 Å². The van der Waals surface area contributed by atoms with Gasteiger partial charge < -0.3 is 15.8 Å². The highest BCUT2D eigenvalue weighted by atomic mass is 16.5. The van der Waals surface area contributed by atoms with Crippen LogP contribution < -0.4 is 15.8 Å². The minimum atomic E-state index is -0.473. The molecule has 0 atom stereocenters. The molecular formula is C12H16N2O2. The number of rotatable bonds is 1. The zero-order valence-corrected chi connectivity index (χ0v) is 9.54. The van der Waals surface area contributed by atoms with Crippen molar-refractivity contribution in [3.63, 3.8) is 0 Å². The Labute approximate surface area is 94.8 Å². The Morgan fingerprint density at radius 2 is 2.25 bits per heavy atom. The molecule has 2 rings (SSSR count). The van der Waals surface area contributed by atoms with Gasteiger partial charge in [-0.25, -0.2) is 0 Å². The molecule has 0 aliphatic carbocycles. The van der Waals surface area contributed by atoms with E-state index in [0.717, 1.165) is 5.56 Å². The van der Waals surface area contributed by atoms with Crippen molar-refractivity contribution in [1.29, 1.82) is 0 Å². The maximum Gasteiger partial charge on any atom is 0.228 e. The van der Waals surface area contributed by atoms with Crippen molar-refractivity contribution >= 4 is 11.6 Å². The highest BCUT2D eigenvalue weighted by Gasteiger charge is 2.28. The number of ether oxygens (including phenoxy) is 1. The normalized spacial score (nSPS) is 18.1. The number of benzene rings is 1. The number of nitrogens with one attached hydrogen (secondary N) is 1. The van der Waals surface area contributed by atoms with Gasteiger partial charge in [-0.3, -0.25) is 4.79 Å². The van der Waals surface area contributed by atoms with Gasteiger partial charge in [-0.15, -0.1) is 0 Å². The third-order valence-corrected chi connectivity index (χ3v) is 2.53. The monoisotopic (exact) mass is 220 g/mol. The number of anilines is 1.